The van der Waals surface area contributed by atoms with Crippen molar-refractivity contribution in [2.45, 2.75) is 31.9 Å². The lowest BCUT2D eigenvalue weighted by molar-refractivity contribution is 0.0656. The number of fused-ring (bicyclic) bond motifs is 1. The lowest BCUT2D eigenvalue weighted by Crippen LogP contribution is -2.39. The molecule has 2 atom stereocenters. The van der Waals surface area contributed by atoms with Crippen LogP contribution in [-0.4, -0.2) is 21.4 Å². The third kappa shape index (κ3) is 2.03. The van der Waals surface area contributed by atoms with E-state index < -0.39 is 0 Å². The minimum Gasteiger partial charge on any atom is -0.487 e. The molecule has 2 aromatic rings. The van der Waals surface area contributed by atoms with E-state index in [-0.39, 0.29) is 17.9 Å². The summed E-state index contributed by atoms with van der Waals surface area (Å²) in [6.07, 6.45) is 6.90. The molecular weight excluding hydrogens is 240 g/mol. The van der Waals surface area contributed by atoms with Crippen molar-refractivity contribution >= 4 is 5.78 Å². The minimum absolute atomic E-state index is 0.110. The van der Waals surface area contributed by atoms with Crippen LogP contribution in [-0.2, 0) is 0 Å². The van der Waals surface area contributed by atoms with E-state index >= 15 is 0 Å². The van der Waals surface area contributed by atoms with Gasteiger partial charge < -0.3 is 9.30 Å². The Morgan fingerprint density at radius 1 is 1.37 bits per heavy atom. The van der Waals surface area contributed by atoms with Crippen LogP contribution in [0.5, 0.6) is 5.75 Å². The maximum Gasteiger partial charge on any atom is 0.193 e. The van der Waals surface area contributed by atoms with Gasteiger partial charge in [0.15, 0.2) is 5.78 Å². The van der Waals surface area contributed by atoms with Crippen molar-refractivity contribution in [2.24, 2.45) is 0 Å². The standard InChI is InChI=1S/C15H16N2O2/c1-2-5-13-14(17-9-8-16-10-17)15(18)11-6-3-4-7-12(11)19-13/h3-4,6-10,13-14H,2,5H2,1H3. The summed E-state index contributed by atoms with van der Waals surface area (Å²) in [6, 6.07) is 7.14. The van der Waals surface area contributed by atoms with E-state index in [0.29, 0.717) is 11.3 Å². The van der Waals surface area contributed by atoms with Gasteiger partial charge in [0.05, 0.1) is 11.9 Å². The van der Waals surface area contributed by atoms with Gasteiger partial charge >= 0.3 is 0 Å². The Bertz CT molecular complexity index is 578. The van der Waals surface area contributed by atoms with Crippen LogP contribution in [0.25, 0.3) is 0 Å². The number of imidazole rings is 1. The van der Waals surface area contributed by atoms with Gasteiger partial charge in [-0.1, -0.05) is 25.5 Å². The highest BCUT2D eigenvalue weighted by Crippen LogP contribution is 2.34. The van der Waals surface area contributed by atoms with Crippen LogP contribution in [0.4, 0.5) is 0 Å². The second-order valence-corrected chi connectivity index (χ2v) is 4.76. The highest BCUT2D eigenvalue weighted by Gasteiger charge is 2.37. The molecule has 4 nitrogen and oxygen atoms in total. The van der Waals surface area contributed by atoms with Gasteiger partial charge in [-0.2, -0.15) is 0 Å². The normalized spacial score (nSPS) is 21.8. The predicted molar refractivity (Wildman–Crippen MR) is 71.4 cm³/mol. The fourth-order valence-electron chi connectivity index (χ4n) is 2.59. The summed E-state index contributed by atoms with van der Waals surface area (Å²) in [6.45, 7) is 2.10. The molecule has 1 aromatic carbocycles. The maximum atomic E-state index is 12.7. The zero-order valence-corrected chi connectivity index (χ0v) is 10.8. The number of para-hydroxylation sites is 1. The van der Waals surface area contributed by atoms with Crippen molar-refractivity contribution < 1.29 is 9.53 Å². The molecule has 2 heterocycles. The molecule has 0 radical (unpaired) electrons. The number of hydrogen-bond donors (Lipinski definition) is 0. The van der Waals surface area contributed by atoms with E-state index in [1.165, 1.54) is 0 Å². The van der Waals surface area contributed by atoms with E-state index in [4.69, 9.17) is 4.74 Å². The SMILES string of the molecule is CCCC1Oc2ccccc2C(=O)C1n1ccnc1. The zero-order valence-electron chi connectivity index (χ0n) is 10.8. The molecule has 0 saturated carbocycles. The third-order valence-electron chi connectivity index (χ3n) is 3.47. The van der Waals surface area contributed by atoms with Crippen LogP contribution in [0.2, 0.25) is 0 Å². The van der Waals surface area contributed by atoms with Crippen LogP contribution < -0.4 is 4.74 Å². The molecule has 0 saturated heterocycles. The largest absolute Gasteiger partial charge is 0.487 e. The van der Waals surface area contributed by atoms with Crippen LogP contribution in [0.15, 0.2) is 43.0 Å². The fourth-order valence-corrected chi connectivity index (χ4v) is 2.59. The number of aromatic nitrogens is 2. The predicted octanol–water partition coefficient (Wildman–Crippen LogP) is 2.87. The summed E-state index contributed by atoms with van der Waals surface area (Å²) < 4.78 is 7.86. The molecule has 0 N–H and O–H groups in total. The fraction of sp³-hybridized carbons (Fsp3) is 0.333. The number of benzene rings is 1. The van der Waals surface area contributed by atoms with E-state index in [9.17, 15) is 4.79 Å². The number of Topliss-reactive ketones (excluding diaryl/α,β-unsaturated/α-hetero) is 1. The molecule has 0 amide bonds. The molecule has 0 aliphatic carbocycles. The first-order valence-electron chi connectivity index (χ1n) is 6.58. The van der Waals surface area contributed by atoms with Gasteiger partial charge in [-0.05, 0) is 18.6 Å². The summed E-state index contributed by atoms with van der Waals surface area (Å²) in [5.74, 6) is 0.806. The summed E-state index contributed by atoms with van der Waals surface area (Å²) in [5.41, 5.74) is 0.661. The smallest absolute Gasteiger partial charge is 0.193 e. The molecule has 0 fully saturated rings. The lowest BCUT2D eigenvalue weighted by atomic mass is 9.93. The summed E-state index contributed by atoms with van der Waals surface area (Å²) in [4.78, 5) is 16.7. The number of carbonyl (C=O) groups excluding carboxylic acids is 1. The van der Waals surface area contributed by atoms with E-state index in [1.54, 1.807) is 12.5 Å². The van der Waals surface area contributed by atoms with Gasteiger partial charge in [-0.3, -0.25) is 4.79 Å². The van der Waals surface area contributed by atoms with Gasteiger partial charge in [0.2, 0.25) is 0 Å². The molecule has 4 heteroatoms. The first-order chi connectivity index (χ1) is 9.31. The van der Waals surface area contributed by atoms with Crippen LogP contribution in [0, 0.1) is 0 Å². The van der Waals surface area contributed by atoms with Crippen molar-refractivity contribution in [3.8, 4) is 5.75 Å². The van der Waals surface area contributed by atoms with Gasteiger partial charge in [0, 0.05) is 12.4 Å². The molecule has 0 bridgehead atoms. The Kier molecular flexibility index (Phi) is 3.07. The molecular formula is C15H16N2O2. The second kappa shape index (κ2) is 4.88. The third-order valence-corrected chi connectivity index (χ3v) is 3.47. The van der Waals surface area contributed by atoms with Gasteiger partial charge in [-0.15, -0.1) is 0 Å². The Balaban J connectivity index is 2.04. The van der Waals surface area contributed by atoms with Crippen LogP contribution >= 0.6 is 0 Å². The zero-order chi connectivity index (χ0) is 13.2. The number of hydrogen-bond acceptors (Lipinski definition) is 3. The quantitative estimate of drug-likeness (QED) is 0.848. The summed E-state index contributed by atoms with van der Waals surface area (Å²) in [5, 5.41) is 0. The molecule has 1 aliphatic rings. The Labute approximate surface area is 112 Å². The average Bonchev–Trinajstić information content (AvgIpc) is 2.93. The molecule has 1 aromatic heterocycles. The number of nitrogens with zero attached hydrogens (tertiary/aromatic N) is 2. The molecule has 1 aliphatic heterocycles. The lowest BCUT2D eigenvalue weighted by Gasteiger charge is -2.33. The van der Waals surface area contributed by atoms with Gasteiger partial charge in [0.25, 0.3) is 0 Å². The number of ether oxygens (including phenoxy) is 1. The average molecular weight is 256 g/mol. The Morgan fingerprint density at radius 3 is 2.95 bits per heavy atom. The van der Waals surface area contributed by atoms with E-state index in [0.717, 1.165) is 12.8 Å². The summed E-state index contributed by atoms with van der Waals surface area (Å²) >= 11 is 0. The molecule has 3 rings (SSSR count). The highest BCUT2D eigenvalue weighted by atomic mass is 16.5. The molecule has 98 valence electrons. The molecule has 19 heavy (non-hydrogen) atoms. The maximum absolute atomic E-state index is 12.7. The summed E-state index contributed by atoms with van der Waals surface area (Å²) in [7, 11) is 0. The highest BCUT2D eigenvalue weighted by molar-refractivity contribution is 6.02. The van der Waals surface area contributed by atoms with Crippen molar-refractivity contribution in [2.75, 3.05) is 0 Å². The van der Waals surface area contributed by atoms with E-state index in [1.807, 2.05) is 35.0 Å². The van der Waals surface area contributed by atoms with Crippen LogP contribution in [0.1, 0.15) is 36.2 Å². The monoisotopic (exact) mass is 256 g/mol. The minimum atomic E-state index is -0.308. The van der Waals surface area contributed by atoms with Gasteiger partial charge in [-0.25, -0.2) is 4.98 Å². The first kappa shape index (κ1) is 12.0. The number of rotatable bonds is 3. The van der Waals surface area contributed by atoms with Crippen molar-refractivity contribution in [1.29, 1.82) is 0 Å². The molecule has 2 unspecified atom stereocenters. The van der Waals surface area contributed by atoms with Crippen LogP contribution in [0.3, 0.4) is 0 Å². The van der Waals surface area contributed by atoms with Crippen molar-refractivity contribution in [3.05, 3.63) is 48.5 Å². The second-order valence-electron chi connectivity index (χ2n) is 4.76. The first-order valence-corrected chi connectivity index (χ1v) is 6.58. The van der Waals surface area contributed by atoms with Gasteiger partial charge in [0.1, 0.15) is 17.9 Å². The van der Waals surface area contributed by atoms with Crippen molar-refractivity contribution in [1.82, 2.24) is 9.55 Å². The van der Waals surface area contributed by atoms with Crippen molar-refractivity contribution in [3.63, 3.8) is 0 Å². The Hall–Kier alpha value is -2.10. The van der Waals surface area contributed by atoms with E-state index in [2.05, 4.69) is 11.9 Å². The molecule has 0 spiro atoms. The topological polar surface area (TPSA) is 44.1 Å². The number of ketones is 1. The Morgan fingerprint density at radius 2 is 2.21 bits per heavy atom. The number of carbonyl (C=O) groups is 1.